The maximum absolute atomic E-state index is 12.1. The van der Waals surface area contributed by atoms with Crippen LogP contribution in [0, 0.1) is 0 Å². The van der Waals surface area contributed by atoms with E-state index in [4.69, 9.17) is 14.2 Å². The van der Waals surface area contributed by atoms with E-state index in [9.17, 15) is 14.4 Å². The number of carbonyl (C=O) groups excluding carboxylic acids is 3. The Morgan fingerprint density at radius 1 is 1.00 bits per heavy atom. The van der Waals surface area contributed by atoms with Crippen LogP contribution in [0.2, 0.25) is 0 Å². The summed E-state index contributed by atoms with van der Waals surface area (Å²) in [7, 11) is 0. The topological polar surface area (TPSA) is 90.9 Å². The van der Waals surface area contributed by atoms with Crippen molar-refractivity contribution in [1.82, 2.24) is 5.32 Å². The van der Waals surface area contributed by atoms with Crippen LogP contribution in [0.3, 0.4) is 0 Å². The van der Waals surface area contributed by atoms with E-state index in [0.29, 0.717) is 36.7 Å². The van der Waals surface area contributed by atoms with Crippen molar-refractivity contribution >= 4 is 17.7 Å². The Morgan fingerprint density at radius 3 is 2.45 bits per heavy atom. The smallest absolute Gasteiger partial charge is 0.310 e. The summed E-state index contributed by atoms with van der Waals surface area (Å²) in [6.07, 6.45) is 0.386. The summed E-state index contributed by atoms with van der Waals surface area (Å²) in [6, 6.07) is 13.9. The predicted molar refractivity (Wildman–Crippen MR) is 105 cm³/mol. The number of carbonyl (C=O) groups is 3. The predicted octanol–water partition coefficient (Wildman–Crippen LogP) is 1.86. The number of Topliss-reactive ketones (excluding diaryl/α,β-unsaturated/α-hetero) is 1. The summed E-state index contributed by atoms with van der Waals surface area (Å²) in [5, 5.41) is 2.62. The third-order valence-corrected chi connectivity index (χ3v) is 4.43. The van der Waals surface area contributed by atoms with Crippen LogP contribution in [0.1, 0.15) is 18.1 Å². The lowest BCUT2D eigenvalue weighted by Crippen LogP contribution is -2.43. The van der Waals surface area contributed by atoms with Gasteiger partial charge in [0.25, 0.3) is 5.91 Å². The fourth-order valence-electron chi connectivity index (χ4n) is 2.94. The molecule has 152 valence electrons. The minimum absolute atomic E-state index is 0.00404. The number of fused-ring (bicyclic) bond motifs is 1. The van der Waals surface area contributed by atoms with Gasteiger partial charge in [-0.05, 0) is 36.6 Å². The summed E-state index contributed by atoms with van der Waals surface area (Å²) in [6.45, 7) is 1.93. The Morgan fingerprint density at radius 2 is 1.72 bits per heavy atom. The highest BCUT2D eigenvalue weighted by Crippen LogP contribution is 2.30. The van der Waals surface area contributed by atoms with E-state index in [2.05, 4.69) is 5.32 Å². The van der Waals surface area contributed by atoms with Crippen molar-refractivity contribution < 1.29 is 28.6 Å². The van der Waals surface area contributed by atoms with Gasteiger partial charge in [-0.15, -0.1) is 0 Å². The Balaban J connectivity index is 1.47. The minimum atomic E-state index is -0.665. The molecule has 7 nitrogen and oxygen atoms in total. The van der Waals surface area contributed by atoms with Crippen LogP contribution in [0.4, 0.5) is 0 Å². The van der Waals surface area contributed by atoms with Gasteiger partial charge in [0.05, 0.1) is 12.5 Å². The van der Waals surface area contributed by atoms with Crippen molar-refractivity contribution in [2.24, 2.45) is 0 Å². The highest BCUT2D eigenvalue weighted by Gasteiger charge is 2.19. The lowest BCUT2D eigenvalue weighted by atomic mass is 10.0. The molecule has 1 N–H and O–H groups in total. The molecule has 0 radical (unpaired) electrons. The zero-order chi connectivity index (χ0) is 20.6. The van der Waals surface area contributed by atoms with Gasteiger partial charge in [-0.25, -0.2) is 0 Å². The quantitative estimate of drug-likeness (QED) is 0.684. The van der Waals surface area contributed by atoms with Gasteiger partial charge in [-0.3, -0.25) is 14.4 Å². The van der Waals surface area contributed by atoms with Crippen molar-refractivity contribution in [2.45, 2.75) is 25.8 Å². The van der Waals surface area contributed by atoms with Crippen LogP contribution in [-0.4, -0.2) is 43.5 Å². The SMILES string of the molecule is CC(=O)[C@H](Cc1ccccc1)NC(=O)COC(=O)Cc1ccc2c(c1)OCCO2. The number of ketones is 1. The van der Waals surface area contributed by atoms with E-state index >= 15 is 0 Å². The number of benzene rings is 2. The number of hydrogen-bond acceptors (Lipinski definition) is 6. The van der Waals surface area contributed by atoms with Crippen LogP contribution < -0.4 is 14.8 Å². The Labute approximate surface area is 169 Å². The molecule has 2 aromatic rings. The van der Waals surface area contributed by atoms with Crippen LogP contribution in [0.5, 0.6) is 11.5 Å². The molecule has 0 bridgehead atoms. The van der Waals surface area contributed by atoms with E-state index in [1.807, 2.05) is 30.3 Å². The van der Waals surface area contributed by atoms with Crippen LogP contribution in [0.25, 0.3) is 0 Å². The summed E-state index contributed by atoms with van der Waals surface area (Å²) in [5.41, 5.74) is 1.63. The molecule has 1 atom stereocenters. The summed E-state index contributed by atoms with van der Waals surface area (Å²) < 4.78 is 16.0. The molecule has 29 heavy (non-hydrogen) atoms. The Bertz CT molecular complexity index is 880. The average molecular weight is 397 g/mol. The fraction of sp³-hybridized carbons (Fsp3) is 0.318. The second kappa shape index (κ2) is 9.73. The molecule has 0 saturated carbocycles. The second-order valence-electron chi connectivity index (χ2n) is 6.74. The first-order valence-electron chi connectivity index (χ1n) is 9.39. The van der Waals surface area contributed by atoms with E-state index in [1.54, 1.807) is 18.2 Å². The van der Waals surface area contributed by atoms with Crippen molar-refractivity contribution in [1.29, 1.82) is 0 Å². The highest BCUT2D eigenvalue weighted by molar-refractivity contribution is 5.89. The molecule has 1 heterocycles. The molecular weight excluding hydrogens is 374 g/mol. The average Bonchev–Trinajstić information content (AvgIpc) is 2.72. The first-order valence-corrected chi connectivity index (χ1v) is 9.39. The van der Waals surface area contributed by atoms with Gasteiger partial charge in [0.15, 0.2) is 23.9 Å². The van der Waals surface area contributed by atoms with E-state index in [0.717, 1.165) is 5.56 Å². The molecule has 3 rings (SSSR count). The third kappa shape index (κ3) is 6.07. The van der Waals surface area contributed by atoms with Crippen molar-refractivity contribution in [3.8, 4) is 11.5 Å². The first kappa shape index (κ1) is 20.4. The van der Waals surface area contributed by atoms with E-state index < -0.39 is 24.5 Å². The number of amides is 1. The number of hydrogen-bond donors (Lipinski definition) is 1. The zero-order valence-corrected chi connectivity index (χ0v) is 16.2. The molecule has 0 saturated heterocycles. The molecule has 0 fully saturated rings. The Kier molecular flexibility index (Phi) is 6.84. The molecule has 1 aliphatic heterocycles. The summed E-state index contributed by atoms with van der Waals surface area (Å²) in [5.74, 6) is 0.00617. The zero-order valence-electron chi connectivity index (χ0n) is 16.2. The highest BCUT2D eigenvalue weighted by atomic mass is 16.6. The Hall–Kier alpha value is -3.35. The van der Waals surface area contributed by atoms with Crippen LogP contribution in [0.15, 0.2) is 48.5 Å². The second-order valence-corrected chi connectivity index (χ2v) is 6.74. The van der Waals surface area contributed by atoms with Gasteiger partial charge >= 0.3 is 5.97 Å². The molecule has 1 aliphatic rings. The molecular formula is C22H23NO6. The van der Waals surface area contributed by atoms with E-state index in [1.165, 1.54) is 6.92 Å². The number of nitrogens with one attached hydrogen (secondary N) is 1. The molecule has 0 aromatic heterocycles. The number of rotatable bonds is 8. The molecule has 7 heteroatoms. The molecule has 2 aromatic carbocycles. The van der Waals surface area contributed by atoms with Crippen molar-refractivity contribution in [2.75, 3.05) is 19.8 Å². The molecule has 0 spiro atoms. The molecule has 0 aliphatic carbocycles. The fourth-order valence-corrected chi connectivity index (χ4v) is 2.94. The minimum Gasteiger partial charge on any atom is -0.486 e. The van der Waals surface area contributed by atoms with E-state index in [-0.39, 0.29) is 12.2 Å². The third-order valence-electron chi connectivity index (χ3n) is 4.43. The maximum atomic E-state index is 12.1. The molecule has 0 unspecified atom stereocenters. The van der Waals surface area contributed by atoms with Gasteiger partial charge in [-0.2, -0.15) is 0 Å². The normalized spacial score (nSPS) is 13.3. The monoisotopic (exact) mass is 397 g/mol. The van der Waals surface area contributed by atoms with Gasteiger partial charge in [-0.1, -0.05) is 36.4 Å². The van der Waals surface area contributed by atoms with Crippen LogP contribution in [-0.2, 0) is 32.0 Å². The first-order chi connectivity index (χ1) is 14.0. The lowest BCUT2D eigenvalue weighted by Gasteiger charge is -2.18. The largest absolute Gasteiger partial charge is 0.486 e. The van der Waals surface area contributed by atoms with Crippen molar-refractivity contribution in [3.63, 3.8) is 0 Å². The van der Waals surface area contributed by atoms with Gasteiger partial charge in [0.1, 0.15) is 13.2 Å². The van der Waals surface area contributed by atoms with Gasteiger partial charge in [0, 0.05) is 0 Å². The lowest BCUT2D eigenvalue weighted by molar-refractivity contribution is -0.148. The number of ether oxygens (including phenoxy) is 3. The number of esters is 1. The molecule has 1 amide bonds. The van der Waals surface area contributed by atoms with Crippen LogP contribution >= 0.6 is 0 Å². The van der Waals surface area contributed by atoms with Gasteiger partial charge < -0.3 is 19.5 Å². The maximum Gasteiger partial charge on any atom is 0.310 e. The summed E-state index contributed by atoms with van der Waals surface area (Å²) in [4.78, 5) is 36.0. The standard InChI is InChI=1S/C22H23NO6/c1-15(24)18(11-16-5-3-2-4-6-16)23-21(25)14-29-22(26)13-17-7-8-19-20(12-17)28-10-9-27-19/h2-8,12,18H,9-11,13-14H2,1H3,(H,23,25)/t18-/m0/s1. The van der Waals surface area contributed by atoms with Crippen molar-refractivity contribution in [3.05, 3.63) is 59.7 Å². The summed E-state index contributed by atoms with van der Waals surface area (Å²) >= 11 is 0. The van der Waals surface area contributed by atoms with Gasteiger partial charge in [0.2, 0.25) is 0 Å².